The number of benzene rings is 1. The maximum atomic E-state index is 13.6. The lowest BCUT2D eigenvalue weighted by molar-refractivity contribution is -0.577. The van der Waals surface area contributed by atoms with Gasteiger partial charge in [0.2, 0.25) is 0 Å². The molecule has 7 nitrogen and oxygen atoms in total. The summed E-state index contributed by atoms with van der Waals surface area (Å²) in [5, 5.41) is 3.04. The van der Waals surface area contributed by atoms with E-state index in [1.807, 2.05) is 33.8 Å². The molecule has 1 aromatic carbocycles. The number of nitrogens with one attached hydrogen (secondary N) is 1. The Hall–Kier alpha value is -3.81. The van der Waals surface area contributed by atoms with E-state index in [2.05, 4.69) is 5.10 Å². The van der Waals surface area contributed by atoms with E-state index < -0.39 is 23.2 Å². The zero-order valence-electron chi connectivity index (χ0n) is 19.1. The average Bonchev–Trinajstić information content (AvgIpc) is 3.22. The van der Waals surface area contributed by atoms with Gasteiger partial charge in [0.05, 0.1) is 11.3 Å². The first kappa shape index (κ1) is 22.4. The van der Waals surface area contributed by atoms with Crippen LogP contribution >= 0.6 is 0 Å². The van der Waals surface area contributed by atoms with E-state index in [1.54, 1.807) is 23.0 Å². The summed E-state index contributed by atoms with van der Waals surface area (Å²) in [5.41, 5.74) is 1.79. The lowest BCUT2D eigenvalue weighted by Crippen LogP contribution is -2.41. The molecule has 8 heteroatoms. The second-order valence-corrected chi connectivity index (χ2v) is 8.56. The molecule has 0 spiro atoms. The minimum atomic E-state index is -0.491. The summed E-state index contributed by atoms with van der Waals surface area (Å²) < 4.78 is 16.3. The van der Waals surface area contributed by atoms with Crippen LogP contribution in [0.1, 0.15) is 37.6 Å². The fourth-order valence-electron chi connectivity index (χ4n) is 4.06. The van der Waals surface area contributed by atoms with E-state index >= 15 is 0 Å². The lowest BCUT2D eigenvalue weighted by atomic mass is 10.0. The van der Waals surface area contributed by atoms with Gasteiger partial charge >= 0.3 is 5.91 Å². The van der Waals surface area contributed by atoms with Crippen molar-refractivity contribution in [1.29, 1.82) is 0 Å². The van der Waals surface area contributed by atoms with Gasteiger partial charge in [-0.25, -0.2) is 9.07 Å². The van der Waals surface area contributed by atoms with Crippen molar-refractivity contribution in [3.05, 3.63) is 81.8 Å². The van der Waals surface area contributed by atoms with Gasteiger partial charge in [-0.1, -0.05) is 20.8 Å². The van der Waals surface area contributed by atoms with Gasteiger partial charge in [0.1, 0.15) is 11.4 Å². The lowest BCUT2D eigenvalue weighted by Gasteiger charge is -2.16. The molecule has 0 atom stereocenters. The van der Waals surface area contributed by atoms with E-state index in [0.717, 1.165) is 5.56 Å². The molecule has 0 unspecified atom stereocenters. The minimum absolute atomic E-state index is 0.0637. The van der Waals surface area contributed by atoms with Gasteiger partial charge in [-0.05, 0) is 49.6 Å². The van der Waals surface area contributed by atoms with Crippen LogP contribution in [0.5, 0.6) is 0 Å². The number of imide groups is 1. The van der Waals surface area contributed by atoms with Gasteiger partial charge in [-0.3, -0.25) is 24.4 Å². The second-order valence-electron chi connectivity index (χ2n) is 8.56. The van der Waals surface area contributed by atoms with Crippen LogP contribution in [0, 0.1) is 18.7 Å². The molecule has 170 valence electrons. The predicted molar refractivity (Wildman–Crippen MR) is 122 cm³/mol. The Bertz CT molecular complexity index is 1330. The first-order chi connectivity index (χ1) is 15.7. The third-order valence-corrected chi connectivity index (χ3v) is 5.55. The normalized spacial score (nSPS) is 14.2. The molecule has 1 aliphatic heterocycles. The molecule has 2 amide bonds. The maximum Gasteiger partial charge on any atom is 0.326 e. The third-order valence-electron chi connectivity index (χ3n) is 5.55. The summed E-state index contributed by atoms with van der Waals surface area (Å²) in [5.74, 6) is -1.28. The van der Waals surface area contributed by atoms with E-state index in [1.165, 1.54) is 33.8 Å². The number of halogens is 1. The van der Waals surface area contributed by atoms with Crippen LogP contribution in [0.25, 0.3) is 17.0 Å². The molecule has 3 heterocycles. The number of pyridine rings is 1. The van der Waals surface area contributed by atoms with Crippen LogP contribution in [0.2, 0.25) is 0 Å². The summed E-state index contributed by atoms with van der Waals surface area (Å²) in [6.45, 7) is 7.84. The maximum absolute atomic E-state index is 13.6. The van der Waals surface area contributed by atoms with Crippen molar-refractivity contribution in [3.63, 3.8) is 0 Å². The highest BCUT2D eigenvalue weighted by atomic mass is 19.1. The standard InChI is InChI=1S/C25H25FN4O3/c1-5-19-20(24(32)30(27-19)18-10-8-17(26)9-11-18)21-22(28-12-6-7-16(4)14-28)25(33)29(23(21)31)13-15(2)3/h6-12,14-15H,5,13H2,1-4H3/p+1. The fraction of sp³-hybridized carbons (Fsp3) is 0.280. The van der Waals surface area contributed by atoms with E-state index in [-0.39, 0.29) is 29.3 Å². The van der Waals surface area contributed by atoms with Crippen LogP contribution in [-0.4, -0.2) is 33.0 Å². The first-order valence-corrected chi connectivity index (χ1v) is 10.9. The highest BCUT2D eigenvalue weighted by Crippen LogP contribution is 2.30. The molecule has 1 N–H and O–H groups in total. The van der Waals surface area contributed by atoms with Gasteiger partial charge in [-0.15, -0.1) is 0 Å². The smallest absolute Gasteiger partial charge is 0.294 e. The van der Waals surface area contributed by atoms with Crippen molar-refractivity contribution >= 4 is 23.1 Å². The number of amides is 2. The van der Waals surface area contributed by atoms with Crippen molar-refractivity contribution in [1.82, 2.24) is 14.7 Å². The molecule has 4 rings (SSSR count). The van der Waals surface area contributed by atoms with Gasteiger partial charge in [0.25, 0.3) is 17.2 Å². The molecule has 0 saturated carbocycles. The van der Waals surface area contributed by atoms with Gasteiger partial charge in [0, 0.05) is 23.9 Å². The molecule has 3 aromatic rings. The van der Waals surface area contributed by atoms with Crippen LogP contribution in [0.3, 0.4) is 0 Å². The molecule has 0 bridgehead atoms. The Morgan fingerprint density at radius 1 is 1.06 bits per heavy atom. The molecule has 0 aliphatic carbocycles. The summed E-state index contributed by atoms with van der Waals surface area (Å²) in [7, 11) is 0. The van der Waals surface area contributed by atoms with Crippen molar-refractivity contribution < 1.29 is 18.5 Å². The van der Waals surface area contributed by atoms with E-state index in [4.69, 9.17) is 0 Å². The highest BCUT2D eigenvalue weighted by molar-refractivity contribution is 6.44. The third kappa shape index (κ3) is 3.92. The summed E-state index contributed by atoms with van der Waals surface area (Å²) in [4.78, 5) is 41.8. The molecular weight excluding hydrogens is 423 g/mol. The molecule has 2 aromatic heterocycles. The minimum Gasteiger partial charge on any atom is -0.294 e. The Labute approximate surface area is 190 Å². The topological polar surface area (TPSA) is 79.1 Å². The molecular formula is C25H26FN4O3+. The van der Waals surface area contributed by atoms with E-state index in [0.29, 0.717) is 17.8 Å². The number of H-pyrrole nitrogens is 1. The van der Waals surface area contributed by atoms with Crippen molar-refractivity contribution in [2.45, 2.75) is 34.1 Å². The molecule has 0 saturated heterocycles. The van der Waals surface area contributed by atoms with Gasteiger partial charge in [0.15, 0.2) is 12.4 Å². The number of aryl methyl sites for hydroxylation is 2. The number of rotatable bonds is 6. The van der Waals surface area contributed by atoms with Crippen LogP contribution < -0.4 is 10.1 Å². The van der Waals surface area contributed by atoms with Gasteiger partial charge < -0.3 is 0 Å². The summed E-state index contributed by atoms with van der Waals surface area (Å²) in [6.07, 6.45) is 3.89. The van der Waals surface area contributed by atoms with Crippen LogP contribution in [0.4, 0.5) is 4.39 Å². The Morgan fingerprint density at radius 3 is 2.36 bits per heavy atom. The molecule has 0 fully saturated rings. The van der Waals surface area contributed by atoms with Crippen LogP contribution in [-0.2, 0) is 16.0 Å². The van der Waals surface area contributed by atoms with Crippen molar-refractivity contribution in [3.8, 4) is 5.69 Å². The second kappa shape index (κ2) is 8.61. The Morgan fingerprint density at radius 2 is 1.76 bits per heavy atom. The number of carbonyl (C=O) groups excluding carboxylic acids is 2. The SMILES string of the molecule is CCc1[nH]n(-c2ccc(F)cc2)c(=O)c1C1=C([n+]2cccc(C)c2)C(=O)N(CC(C)C)C1=O. The molecule has 1 aliphatic rings. The number of carbonyl (C=O) groups is 2. The summed E-state index contributed by atoms with van der Waals surface area (Å²) in [6, 6.07) is 9.16. The monoisotopic (exact) mass is 449 g/mol. The first-order valence-electron chi connectivity index (χ1n) is 10.9. The number of hydrogen-bond donors (Lipinski definition) is 1. The zero-order valence-corrected chi connectivity index (χ0v) is 19.1. The van der Waals surface area contributed by atoms with Crippen molar-refractivity contribution in [2.75, 3.05) is 6.54 Å². The highest BCUT2D eigenvalue weighted by Gasteiger charge is 2.47. The number of aromatic amines is 1. The number of nitrogens with zero attached hydrogens (tertiary/aromatic N) is 3. The van der Waals surface area contributed by atoms with Gasteiger partial charge in [-0.2, -0.15) is 4.57 Å². The number of aromatic nitrogens is 3. The molecule has 33 heavy (non-hydrogen) atoms. The summed E-state index contributed by atoms with van der Waals surface area (Å²) >= 11 is 0. The predicted octanol–water partition coefficient (Wildman–Crippen LogP) is 2.86. The number of hydrogen-bond acceptors (Lipinski definition) is 3. The largest absolute Gasteiger partial charge is 0.326 e. The average molecular weight is 450 g/mol. The van der Waals surface area contributed by atoms with E-state index in [9.17, 15) is 18.8 Å². The Kier molecular flexibility index (Phi) is 5.84. The van der Waals surface area contributed by atoms with Crippen LogP contribution in [0.15, 0.2) is 53.6 Å². The zero-order chi connectivity index (χ0) is 23.9. The fourth-order valence-corrected chi connectivity index (χ4v) is 4.06. The van der Waals surface area contributed by atoms with Crippen molar-refractivity contribution in [2.24, 2.45) is 5.92 Å². The molecule has 0 radical (unpaired) electrons. The quantitative estimate of drug-likeness (QED) is 0.464. The Balaban J connectivity index is 1.99.